The maximum atomic E-state index is 10.8. The Morgan fingerprint density at radius 1 is 1.15 bits per heavy atom. The van der Waals surface area contributed by atoms with Crippen LogP contribution >= 0.6 is 0 Å². The summed E-state index contributed by atoms with van der Waals surface area (Å²) in [6, 6.07) is 16.2. The molecule has 0 aromatic heterocycles. The predicted octanol–water partition coefficient (Wildman–Crippen LogP) is 3.78. The van der Waals surface area contributed by atoms with Crippen molar-refractivity contribution in [2.45, 2.75) is 19.8 Å². The first kappa shape index (κ1) is 14.1. The summed E-state index contributed by atoms with van der Waals surface area (Å²) >= 11 is 0. The second kappa shape index (κ2) is 6.24. The van der Waals surface area contributed by atoms with Gasteiger partial charge in [-0.25, -0.2) is 0 Å². The van der Waals surface area contributed by atoms with Crippen molar-refractivity contribution in [2.24, 2.45) is 0 Å². The van der Waals surface area contributed by atoms with E-state index in [1.165, 1.54) is 0 Å². The van der Waals surface area contributed by atoms with Crippen LogP contribution in [0.25, 0.3) is 0 Å². The zero-order chi connectivity index (χ0) is 14.5. The number of aryl methyl sites for hydroxylation is 2. The van der Waals surface area contributed by atoms with E-state index in [1.54, 1.807) is 0 Å². The highest BCUT2D eigenvalue weighted by atomic mass is 16.4. The number of para-hydroxylation sites is 1. The minimum atomic E-state index is -0.764. The quantitative estimate of drug-likeness (QED) is 0.898. The Labute approximate surface area is 119 Å². The van der Waals surface area contributed by atoms with Crippen LogP contribution in [0.15, 0.2) is 48.5 Å². The van der Waals surface area contributed by atoms with E-state index in [2.05, 4.69) is 23.1 Å². The van der Waals surface area contributed by atoms with Crippen molar-refractivity contribution in [3.8, 4) is 0 Å². The molecule has 0 fully saturated rings. The topological polar surface area (TPSA) is 40.5 Å². The summed E-state index contributed by atoms with van der Waals surface area (Å²) in [5.74, 6) is -0.764. The zero-order valence-corrected chi connectivity index (χ0v) is 11.8. The van der Waals surface area contributed by atoms with Crippen LogP contribution in [0.1, 0.15) is 17.5 Å². The lowest BCUT2D eigenvalue weighted by Gasteiger charge is -2.23. The first-order valence-electron chi connectivity index (χ1n) is 6.68. The fourth-order valence-corrected chi connectivity index (χ4v) is 2.27. The van der Waals surface area contributed by atoms with Crippen LogP contribution in [0.5, 0.6) is 0 Å². The monoisotopic (exact) mass is 269 g/mol. The van der Waals surface area contributed by atoms with E-state index in [1.807, 2.05) is 44.3 Å². The molecule has 0 aliphatic carbocycles. The van der Waals surface area contributed by atoms with Crippen molar-refractivity contribution in [1.29, 1.82) is 0 Å². The van der Waals surface area contributed by atoms with Gasteiger partial charge in [0, 0.05) is 24.8 Å². The molecule has 0 amide bonds. The number of carboxylic acids is 1. The van der Waals surface area contributed by atoms with E-state index in [-0.39, 0.29) is 6.42 Å². The highest BCUT2D eigenvalue weighted by molar-refractivity contribution is 5.70. The molecule has 2 aromatic carbocycles. The summed E-state index contributed by atoms with van der Waals surface area (Å²) < 4.78 is 0. The first-order chi connectivity index (χ1) is 9.58. The lowest BCUT2D eigenvalue weighted by atomic mass is 10.0. The third-order valence-electron chi connectivity index (χ3n) is 3.35. The maximum Gasteiger partial charge on any atom is 0.303 e. The van der Waals surface area contributed by atoms with Gasteiger partial charge in [-0.05, 0) is 37.1 Å². The van der Waals surface area contributed by atoms with Gasteiger partial charge in [0.15, 0.2) is 0 Å². The second-order valence-electron chi connectivity index (χ2n) is 4.92. The second-order valence-corrected chi connectivity index (χ2v) is 4.92. The summed E-state index contributed by atoms with van der Waals surface area (Å²) in [6.07, 6.45) is 0.697. The van der Waals surface area contributed by atoms with Crippen molar-refractivity contribution in [3.05, 3.63) is 59.7 Å². The Hall–Kier alpha value is -2.29. The molecule has 2 rings (SSSR count). The number of aliphatic carboxylic acids is 1. The third kappa shape index (κ3) is 3.38. The molecular weight excluding hydrogens is 250 g/mol. The van der Waals surface area contributed by atoms with Gasteiger partial charge in [0.25, 0.3) is 0 Å². The summed E-state index contributed by atoms with van der Waals surface area (Å²) in [4.78, 5) is 12.9. The van der Waals surface area contributed by atoms with Crippen LogP contribution in [0.4, 0.5) is 11.4 Å². The molecule has 0 spiro atoms. The van der Waals surface area contributed by atoms with Crippen molar-refractivity contribution < 1.29 is 9.90 Å². The molecule has 1 N–H and O–H groups in total. The number of rotatable bonds is 5. The number of hydrogen-bond donors (Lipinski definition) is 1. The van der Waals surface area contributed by atoms with E-state index < -0.39 is 5.97 Å². The van der Waals surface area contributed by atoms with Crippen LogP contribution in [0, 0.1) is 6.92 Å². The summed E-state index contributed by atoms with van der Waals surface area (Å²) in [5.41, 5.74) is 4.37. The Balaban J connectivity index is 2.32. The molecule has 3 heteroatoms. The molecule has 20 heavy (non-hydrogen) atoms. The molecule has 2 aromatic rings. The van der Waals surface area contributed by atoms with E-state index in [9.17, 15) is 4.79 Å². The largest absolute Gasteiger partial charge is 0.481 e. The Kier molecular flexibility index (Phi) is 4.41. The predicted molar refractivity (Wildman–Crippen MR) is 81.6 cm³/mol. The minimum Gasteiger partial charge on any atom is -0.481 e. The molecule has 0 atom stereocenters. The Morgan fingerprint density at radius 2 is 1.85 bits per heavy atom. The van der Waals surface area contributed by atoms with Crippen molar-refractivity contribution >= 4 is 17.3 Å². The van der Waals surface area contributed by atoms with Gasteiger partial charge in [0.05, 0.1) is 0 Å². The van der Waals surface area contributed by atoms with Gasteiger partial charge in [-0.1, -0.05) is 35.9 Å². The van der Waals surface area contributed by atoms with Crippen LogP contribution in [0.2, 0.25) is 0 Å². The average Bonchev–Trinajstić information content (AvgIpc) is 2.45. The van der Waals surface area contributed by atoms with Gasteiger partial charge in [-0.15, -0.1) is 0 Å². The van der Waals surface area contributed by atoms with Crippen LogP contribution in [0.3, 0.4) is 0 Å². The molecular formula is C17H19NO2. The van der Waals surface area contributed by atoms with Gasteiger partial charge < -0.3 is 10.0 Å². The molecule has 104 valence electrons. The molecule has 0 radical (unpaired) electrons. The Morgan fingerprint density at radius 3 is 2.50 bits per heavy atom. The van der Waals surface area contributed by atoms with Crippen molar-refractivity contribution in [1.82, 2.24) is 0 Å². The zero-order valence-electron chi connectivity index (χ0n) is 11.8. The first-order valence-corrected chi connectivity index (χ1v) is 6.68. The van der Waals surface area contributed by atoms with Gasteiger partial charge in [0.2, 0.25) is 0 Å². The normalized spacial score (nSPS) is 10.3. The lowest BCUT2D eigenvalue weighted by molar-refractivity contribution is -0.136. The molecule has 0 saturated heterocycles. The molecule has 0 bridgehead atoms. The third-order valence-corrected chi connectivity index (χ3v) is 3.35. The number of benzene rings is 2. The molecule has 0 heterocycles. The minimum absolute atomic E-state index is 0.152. The van der Waals surface area contributed by atoms with Gasteiger partial charge in [-0.3, -0.25) is 4.79 Å². The highest BCUT2D eigenvalue weighted by Gasteiger charge is 2.10. The molecule has 0 unspecified atom stereocenters. The summed E-state index contributed by atoms with van der Waals surface area (Å²) in [6.45, 7) is 2.02. The van der Waals surface area contributed by atoms with Crippen LogP contribution < -0.4 is 4.90 Å². The fourth-order valence-electron chi connectivity index (χ4n) is 2.27. The average molecular weight is 269 g/mol. The van der Waals surface area contributed by atoms with Gasteiger partial charge >= 0.3 is 5.97 Å². The SMILES string of the molecule is Cc1ccc(N(C)c2ccccc2)c(CCC(=O)O)c1. The van der Waals surface area contributed by atoms with E-state index in [0.717, 1.165) is 22.5 Å². The van der Waals surface area contributed by atoms with E-state index in [0.29, 0.717) is 6.42 Å². The van der Waals surface area contributed by atoms with Crippen LogP contribution in [-0.2, 0) is 11.2 Å². The van der Waals surface area contributed by atoms with Gasteiger partial charge in [-0.2, -0.15) is 0 Å². The number of carboxylic acid groups (broad SMARTS) is 1. The molecule has 0 aliphatic heterocycles. The number of hydrogen-bond acceptors (Lipinski definition) is 2. The summed E-state index contributed by atoms with van der Waals surface area (Å²) in [5, 5.41) is 8.88. The van der Waals surface area contributed by atoms with Gasteiger partial charge in [0.1, 0.15) is 0 Å². The molecule has 0 saturated carbocycles. The smallest absolute Gasteiger partial charge is 0.303 e. The Bertz CT molecular complexity index is 593. The van der Waals surface area contributed by atoms with Crippen molar-refractivity contribution in [2.75, 3.05) is 11.9 Å². The van der Waals surface area contributed by atoms with Crippen LogP contribution in [-0.4, -0.2) is 18.1 Å². The van der Waals surface area contributed by atoms with E-state index >= 15 is 0 Å². The molecule has 3 nitrogen and oxygen atoms in total. The summed E-state index contributed by atoms with van der Waals surface area (Å²) in [7, 11) is 2.00. The molecule has 0 aliphatic rings. The number of anilines is 2. The number of nitrogens with zero attached hydrogens (tertiary/aromatic N) is 1. The lowest BCUT2D eigenvalue weighted by Crippen LogP contribution is -2.12. The number of carbonyl (C=O) groups is 1. The highest BCUT2D eigenvalue weighted by Crippen LogP contribution is 2.28. The standard InChI is InChI=1S/C17H19NO2/c1-13-8-10-16(14(12-13)9-11-17(19)20)18(2)15-6-4-3-5-7-15/h3-8,10,12H,9,11H2,1-2H3,(H,19,20). The fraction of sp³-hybridized carbons (Fsp3) is 0.235. The van der Waals surface area contributed by atoms with Crippen molar-refractivity contribution in [3.63, 3.8) is 0 Å². The maximum absolute atomic E-state index is 10.8. The van der Waals surface area contributed by atoms with E-state index in [4.69, 9.17) is 5.11 Å².